The molecule has 6 heteroatoms. The first-order valence-corrected chi connectivity index (χ1v) is 9.07. The highest BCUT2D eigenvalue weighted by molar-refractivity contribution is 5.89. The van der Waals surface area contributed by atoms with Crippen LogP contribution < -0.4 is 25.0 Å². The Labute approximate surface area is 153 Å². The number of benzene rings is 2. The number of para-hydroxylation sites is 1. The van der Waals surface area contributed by atoms with Gasteiger partial charge < -0.3 is 25.0 Å². The number of hydrogen-bond acceptors (Lipinski definition) is 4. The summed E-state index contributed by atoms with van der Waals surface area (Å²) in [6.07, 6.45) is 2.28. The smallest absolute Gasteiger partial charge is 0.319 e. The van der Waals surface area contributed by atoms with E-state index < -0.39 is 0 Å². The SMILES string of the molecule is O=C(NCCN1CCCc2ccccc21)Nc1ccc2c(c1)OCCO2. The maximum absolute atomic E-state index is 12.2. The van der Waals surface area contributed by atoms with E-state index in [1.54, 1.807) is 6.07 Å². The molecule has 0 saturated carbocycles. The number of carbonyl (C=O) groups excluding carboxylic acids is 1. The number of amides is 2. The molecule has 0 radical (unpaired) electrons. The van der Waals surface area contributed by atoms with E-state index in [0.717, 1.165) is 25.9 Å². The van der Waals surface area contributed by atoms with E-state index in [1.165, 1.54) is 11.3 Å². The molecule has 0 spiro atoms. The summed E-state index contributed by atoms with van der Waals surface area (Å²) in [6.45, 7) is 3.50. The molecule has 0 unspecified atom stereocenters. The van der Waals surface area contributed by atoms with Crippen LogP contribution in [0.4, 0.5) is 16.2 Å². The number of carbonyl (C=O) groups is 1. The van der Waals surface area contributed by atoms with Gasteiger partial charge in [-0.15, -0.1) is 0 Å². The third-order valence-electron chi connectivity index (χ3n) is 4.67. The number of ether oxygens (including phenoxy) is 2. The summed E-state index contributed by atoms with van der Waals surface area (Å²) >= 11 is 0. The van der Waals surface area contributed by atoms with Crippen LogP contribution in [0.5, 0.6) is 11.5 Å². The van der Waals surface area contributed by atoms with Crippen LogP contribution in [0, 0.1) is 0 Å². The van der Waals surface area contributed by atoms with E-state index in [-0.39, 0.29) is 6.03 Å². The van der Waals surface area contributed by atoms with E-state index in [1.807, 2.05) is 12.1 Å². The second-order valence-electron chi connectivity index (χ2n) is 6.46. The van der Waals surface area contributed by atoms with E-state index in [9.17, 15) is 4.79 Å². The van der Waals surface area contributed by atoms with Crippen LogP contribution in [0.1, 0.15) is 12.0 Å². The van der Waals surface area contributed by atoms with E-state index in [0.29, 0.717) is 36.9 Å². The van der Waals surface area contributed by atoms with Gasteiger partial charge in [0.15, 0.2) is 11.5 Å². The molecule has 0 saturated heterocycles. The van der Waals surface area contributed by atoms with Gasteiger partial charge in [0.05, 0.1) is 0 Å². The summed E-state index contributed by atoms with van der Waals surface area (Å²) in [4.78, 5) is 14.5. The average molecular weight is 353 g/mol. The van der Waals surface area contributed by atoms with Crippen molar-refractivity contribution in [3.05, 3.63) is 48.0 Å². The van der Waals surface area contributed by atoms with Crippen molar-refractivity contribution < 1.29 is 14.3 Å². The Morgan fingerprint density at radius 1 is 1.08 bits per heavy atom. The lowest BCUT2D eigenvalue weighted by atomic mass is 10.0. The Hall–Kier alpha value is -2.89. The predicted octanol–water partition coefficient (Wildman–Crippen LogP) is 3.03. The first-order chi connectivity index (χ1) is 12.8. The molecule has 6 nitrogen and oxygen atoms in total. The highest BCUT2D eigenvalue weighted by Gasteiger charge is 2.16. The summed E-state index contributed by atoms with van der Waals surface area (Å²) in [5.41, 5.74) is 3.36. The van der Waals surface area contributed by atoms with E-state index in [4.69, 9.17) is 9.47 Å². The van der Waals surface area contributed by atoms with Crippen molar-refractivity contribution in [1.82, 2.24) is 5.32 Å². The summed E-state index contributed by atoms with van der Waals surface area (Å²) < 4.78 is 11.0. The van der Waals surface area contributed by atoms with Crippen LogP contribution in [0.25, 0.3) is 0 Å². The van der Waals surface area contributed by atoms with Gasteiger partial charge in [0.25, 0.3) is 0 Å². The number of nitrogens with zero attached hydrogens (tertiary/aromatic N) is 1. The van der Waals surface area contributed by atoms with Crippen molar-refractivity contribution >= 4 is 17.4 Å². The molecule has 2 N–H and O–H groups in total. The van der Waals surface area contributed by atoms with Crippen molar-refractivity contribution in [2.75, 3.05) is 43.1 Å². The van der Waals surface area contributed by atoms with Gasteiger partial charge in [-0.05, 0) is 36.6 Å². The van der Waals surface area contributed by atoms with Crippen molar-refractivity contribution in [3.8, 4) is 11.5 Å². The largest absolute Gasteiger partial charge is 0.486 e. The highest BCUT2D eigenvalue weighted by Crippen LogP contribution is 2.32. The lowest BCUT2D eigenvalue weighted by molar-refractivity contribution is 0.171. The third-order valence-corrected chi connectivity index (χ3v) is 4.67. The minimum absolute atomic E-state index is 0.216. The molecule has 2 aromatic rings. The first kappa shape index (κ1) is 16.6. The Morgan fingerprint density at radius 3 is 2.85 bits per heavy atom. The third kappa shape index (κ3) is 3.69. The molecule has 0 bridgehead atoms. The molecule has 0 aliphatic carbocycles. The minimum atomic E-state index is -0.216. The molecule has 2 aliphatic heterocycles. The first-order valence-electron chi connectivity index (χ1n) is 9.07. The molecule has 0 fully saturated rings. The van der Waals surface area contributed by atoms with Crippen LogP contribution in [-0.2, 0) is 6.42 Å². The Bertz CT molecular complexity index is 794. The molecule has 0 aromatic heterocycles. The van der Waals surface area contributed by atoms with Gasteiger partial charge in [-0.25, -0.2) is 4.79 Å². The van der Waals surface area contributed by atoms with Crippen LogP contribution >= 0.6 is 0 Å². The Morgan fingerprint density at radius 2 is 1.92 bits per heavy atom. The van der Waals surface area contributed by atoms with Crippen LogP contribution in [0.15, 0.2) is 42.5 Å². The lowest BCUT2D eigenvalue weighted by Crippen LogP contribution is -2.39. The molecule has 26 heavy (non-hydrogen) atoms. The lowest BCUT2D eigenvalue weighted by Gasteiger charge is -2.31. The Balaban J connectivity index is 1.28. The topological polar surface area (TPSA) is 62.8 Å². The van der Waals surface area contributed by atoms with Crippen molar-refractivity contribution in [1.29, 1.82) is 0 Å². The number of fused-ring (bicyclic) bond motifs is 2. The Kier molecular flexibility index (Phi) is 4.82. The van der Waals surface area contributed by atoms with Crippen LogP contribution in [0.3, 0.4) is 0 Å². The molecule has 136 valence electrons. The summed E-state index contributed by atoms with van der Waals surface area (Å²) in [5.74, 6) is 1.38. The molecular weight excluding hydrogens is 330 g/mol. The van der Waals surface area contributed by atoms with Gasteiger partial charge in [0.1, 0.15) is 13.2 Å². The monoisotopic (exact) mass is 353 g/mol. The van der Waals surface area contributed by atoms with Gasteiger partial charge in [-0.1, -0.05) is 18.2 Å². The molecule has 0 atom stereocenters. The van der Waals surface area contributed by atoms with Crippen molar-refractivity contribution in [3.63, 3.8) is 0 Å². The second kappa shape index (κ2) is 7.56. The summed E-state index contributed by atoms with van der Waals surface area (Å²) in [5, 5.41) is 5.77. The van der Waals surface area contributed by atoms with Gasteiger partial charge >= 0.3 is 6.03 Å². The molecule has 2 heterocycles. The fourth-order valence-electron chi connectivity index (χ4n) is 3.44. The zero-order chi connectivity index (χ0) is 17.8. The van der Waals surface area contributed by atoms with Gasteiger partial charge in [0, 0.05) is 37.1 Å². The summed E-state index contributed by atoms with van der Waals surface area (Å²) in [6, 6.07) is 13.7. The zero-order valence-corrected chi connectivity index (χ0v) is 14.7. The standard InChI is InChI=1S/C20H23N3O3/c24-20(22-16-7-8-18-19(14-16)26-13-12-25-18)21-9-11-23-10-3-5-15-4-1-2-6-17(15)23/h1-2,4,6-8,14H,3,5,9-13H2,(H2,21,22,24). The maximum atomic E-state index is 12.2. The molecule has 2 aliphatic rings. The second-order valence-corrected chi connectivity index (χ2v) is 6.46. The maximum Gasteiger partial charge on any atom is 0.319 e. The number of aryl methyl sites for hydroxylation is 1. The molecule has 4 rings (SSSR count). The van der Waals surface area contributed by atoms with Crippen LogP contribution in [-0.4, -0.2) is 38.9 Å². The van der Waals surface area contributed by atoms with E-state index in [2.05, 4.69) is 39.8 Å². The summed E-state index contributed by atoms with van der Waals surface area (Å²) in [7, 11) is 0. The van der Waals surface area contributed by atoms with Crippen molar-refractivity contribution in [2.45, 2.75) is 12.8 Å². The number of urea groups is 1. The highest BCUT2D eigenvalue weighted by atomic mass is 16.6. The predicted molar refractivity (Wildman–Crippen MR) is 101 cm³/mol. The number of rotatable bonds is 4. The molecule has 2 amide bonds. The molecular formula is C20H23N3O3. The minimum Gasteiger partial charge on any atom is -0.486 e. The van der Waals surface area contributed by atoms with Crippen LogP contribution in [0.2, 0.25) is 0 Å². The van der Waals surface area contributed by atoms with Gasteiger partial charge in [-0.2, -0.15) is 0 Å². The number of nitrogens with one attached hydrogen (secondary N) is 2. The molecule has 2 aromatic carbocycles. The van der Waals surface area contributed by atoms with E-state index >= 15 is 0 Å². The van der Waals surface area contributed by atoms with Crippen molar-refractivity contribution in [2.24, 2.45) is 0 Å². The number of anilines is 2. The van der Waals surface area contributed by atoms with Gasteiger partial charge in [-0.3, -0.25) is 0 Å². The fraction of sp³-hybridized carbons (Fsp3) is 0.350. The average Bonchev–Trinajstić information content (AvgIpc) is 2.68. The fourth-order valence-corrected chi connectivity index (χ4v) is 3.44. The number of hydrogen-bond donors (Lipinski definition) is 2. The normalized spacial score (nSPS) is 15.2. The zero-order valence-electron chi connectivity index (χ0n) is 14.7. The van der Waals surface area contributed by atoms with Gasteiger partial charge in [0.2, 0.25) is 0 Å². The quantitative estimate of drug-likeness (QED) is 0.887.